The van der Waals surface area contributed by atoms with Crippen LogP contribution in [0.25, 0.3) is 0 Å². The largest absolute Gasteiger partial charge is 0.490 e. The number of aryl methyl sites for hydroxylation is 1. The van der Waals surface area contributed by atoms with Gasteiger partial charge in [-0.05, 0) is 41.8 Å². The summed E-state index contributed by atoms with van der Waals surface area (Å²) in [6.07, 6.45) is -2.80. The molecule has 0 N–H and O–H groups in total. The van der Waals surface area contributed by atoms with E-state index >= 15 is 0 Å². The molecular formula is C21H22F3NO3. The number of rotatable bonds is 5. The number of benzene rings is 2. The number of amides is 1. The SMILES string of the molecule is CN(Cc1cccc(C(F)(F)F)c1)C(=O)CCc1ccc2c(c1)OCCCO2. The highest BCUT2D eigenvalue weighted by atomic mass is 19.4. The summed E-state index contributed by atoms with van der Waals surface area (Å²) in [5, 5.41) is 0. The molecule has 1 heterocycles. The maximum absolute atomic E-state index is 12.8. The summed E-state index contributed by atoms with van der Waals surface area (Å²) in [5.41, 5.74) is 0.685. The average molecular weight is 393 g/mol. The monoisotopic (exact) mass is 393 g/mol. The lowest BCUT2D eigenvalue weighted by atomic mass is 10.1. The number of ether oxygens (including phenoxy) is 2. The van der Waals surface area contributed by atoms with Crippen LogP contribution in [0.3, 0.4) is 0 Å². The lowest BCUT2D eigenvalue weighted by Gasteiger charge is -2.18. The van der Waals surface area contributed by atoms with Crippen LogP contribution in [0.1, 0.15) is 29.5 Å². The number of hydrogen-bond acceptors (Lipinski definition) is 3. The number of carbonyl (C=O) groups is 1. The van der Waals surface area contributed by atoms with Crippen LogP contribution in [0.2, 0.25) is 0 Å². The first-order chi connectivity index (χ1) is 13.3. The third kappa shape index (κ3) is 5.18. The molecular weight excluding hydrogens is 371 g/mol. The van der Waals surface area contributed by atoms with Gasteiger partial charge in [0.25, 0.3) is 0 Å². The van der Waals surface area contributed by atoms with Crippen LogP contribution >= 0.6 is 0 Å². The lowest BCUT2D eigenvalue weighted by molar-refractivity contribution is -0.137. The lowest BCUT2D eigenvalue weighted by Crippen LogP contribution is -2.26. The molecule has 1 aliphatic heterocycles. The van der Waals surface area contributed by atoms with Crippen molar-refractivity contribution in [3.05, 3.63) is 59.2 Å². The topological polar surface area (TPSA) is 38.8 Å². The van der Waals surface area contributed by atoms with E-state index in [2.05, 4.69) is 0 Å². The second-order valence-electron chi connectivity index (χ2n) is 6.78. The highest BCUT2D eigenvalue weighted by Gasteiger charge is 2.30. The zero-order chi connectivity index (χ0) is 20.1. The van der Waals surface area contributed by atoms with E-state index in [4.69, 9.17) is 9.47 Å². The fourth-order valence-corrected chi connectivity index (χ4v) is 3.01. The number of fused-ring (bicyclic) bond motifs is 1. The van der Waals surface area contributed by atoms with Crippen LogP contribution in [0.15, 0.2) is 42.5 Å². The van der Waals surface area contributed by atoms with Gasteiger partial charge in [0.1, 0.15) is 0 Å². The molecule has 0 spiro atoms. The van der Waals surface area contributed by atoms with Crippen molar-refractivity contribution in [2.45, 2.75) is 32.0 Å². The Morgan fingerprint density at radius 3 is 2.54 bits per heavy atom. The maximum Gasteiger partial charge on any atom is 0.416 e. The zero-order valence-corrected chi connectivity index (χ0v) is 15.6. The van der Waals surface area contributed by atoms with Crippen molar-refractivity contribution in [1.29, 1.82) is 0 Å². The minimum Gasteiger partial charge on any atom is -0.490 e. The Kier molecular flexibility index (Phi) is 6.11. The van der Waals surface area contributed by atoms with Gasteiger partial charge in [0.2, 0.25) is 5.91 Å². The predicted molar refractivity (Wildman–Crippen MR) is 98.3 cm³/mol. The van der Waals surface area contributed by atoms with Gasteiger partial charge in [-0.25, -0.2) is 0 Å². The molecule has 0 atom stereocenters. The molecule has 1 amide bonds. The van der Waals surface area contributed by atoms with Crippen LogP contribution in [-0.4, -0.2) is 31.1 Å². The molecule has 2 aromatic carbocycles. The molecule has 0 unspecified atom stereocenters. The number of hydrogen-bond donors (Lipinski definition) is 0. The molecule has 0 aliphatic carbocycles. The maximum atomic E-state index is 12.8. The van der Waals surface area contributed by atoms with Crippen LogP contribution in [-0.2, 0) is 23.9 Å². The highest BCUT2D eigenvalue weighted by Crippen LogP contribution is 2.31. The second-order valence-corrected chi connectivity index (χ2v) is 6.78. The first-order valence-corrected chi connectivity index (χ1v) is 9.11. The molecule has 0 fully saturated rings. The molecule has 0 saturated carbocycles. The van der Waals surface area contributed by atoms with Crippen molar-refractivity contribution in [3.8, 4) is 11.5 Å². The van der Waals surface area contributed by atoms with Gasteiger partial charge in [-0.15, -0.1) is 0 Å². The van der Waals surface area contributed by atoms with Crippen molar-refractivity contribution in [1.82, 2.24) is 4.90 Å². The van der Waals surface area contributed by atoms with E-state index in [0.717, 1.165) is 24.1 Å². The molecule has 1 aliphatic rings. The molecule has 0 saturated heterocycles. The minimum absolute atomic E-state index is 0.129. The van der Waals surface area contributed by atoms with Crippen LogP contribution in [0.4, 0.5) is 13.2 Å². The molecule has 0 bridgehead atoms. The van der Waals surface area contributed by atoms with E-state index < -0.39 is 11.7 Å². The van der Waals surface area contributed by atoms with E-state index in [9.17, 15) is 18.0 Å². The van der Waals surface area contributed by atoms with Gasteiger partial charge in [0.15, 0.2) is 11.5 Å². The van der Waals surface area contributed by atoms with Crippen molar-refractivity contribution in [2.75, 3.05) is 20.3 Å². The summed E-state index contributed by atoms with van der Waals surface area (Å²) >= 11 is 0. The van der Waals surface area contributed by atoms with Gasteiger partial charge < -0.3 is 14.4 Å². The van der Waals surface area contributed by atoms with E-state index in [-0.39, 0.29) is 18.9 Å². The van der Waals surface area contributed by atoms with Gasteiger partial charge in [-0.3, -0.25) is 4.79 Å². The standard InChI is InChI=1S/C21H22F3NO3/c1-25(14-16-4-2-5-17(12-16)21(22,23)24)20(26)9-7-15-6-8-18-19(13-15)28-11-3-10-27-18/h2,4-6,8,12-13H,3,7,9-11,14H2,1H3. The Labute approximate surface area is 161 Å². The number of halogens is 3. The summed E-state index contributed by atoms with van der Waals surface area (Å²) in [6, 6.07) is 10.7. The number of carbonyl (C=O) groups excluding carboxylic acids is 1. The van der Waals surface area contributed by atoms with Crippen molar-refractivity contribution in [3.63, 3.8) is 0 Å². The van der Waals surface area contributed by atoms with E-state index in [1.54, 1.807) is 13.1 Å². The summed E-state index contributed by atoms with van der Waals surface area (Å²) in [7, 11) is 1.59. The van der Waals surface area contributed by atoms with Crippen molar-refractivity contribution >= 4 is 5.91 Å². The summed E-state index contributed by atoms with van der Waals surface area (Å²) in [4.78, 5) is 13.8. The van der Waals surface area contributed by atoms with Crippen molar-refractivity contribution in [2.24, 2.45) is 0 Å². The summed E-state index contributed by atoms with van der Waals surface area (Å²) in [5.74, 6) is 1.25. The molecule has 7 heteroatoms. The smallest absolute Gasteiger partial charge is 0.416 e. The van der Waals surface area contributed by atoms with E-state index in [1.807, 2.05) is 18.2 Å². The zero-order valence-electron chi connectivity index (χ0n) is 15.6. The van der Waals surface area contributed by atoms with Crippen LogP contribution in [0.5, 0.6) is 11.5 Å². The number of nitrogens with zero attached hydrogens (tertiary/aromatic N) is 1. The molecule has 28 heavy (non-hydrogen) atoms. The fraction of sp³-hybridized carbons (Fsp3) is 0.381. The highest BCUT2D eigenvalue weighted by molar-refractivity contribution is 5.76. The van der Waals surface area contributed by atoms with E-state index in [1.165, 1.54) is 11.0 Å². The number of alkyl halides is 3. The van der Waals surface area contributed by atoms with Crippen LogP contribution < -0.4 is 9.47 Å². The molecule has 3 rings (SSSR count). The van der Waals surface area contributed by atoms with Gasteiger partial charge in [0, 0.05) is 26.4 Å². The molecule has 2 aromatic rings. The fourth-order valence-electron chi connectivity index (χ4n) is 3.01. The second kappa shape index (κ2) is 8.54. The normalized spacial score (nSPS) is 13.7. The minimum atomic E-state index is -4.39. The first-order valence-electron chi connectivity index (χ1n) is 9.11. The van der Waals surface area contributed by atoms with Crippen molar-refractivity contribution < 1.29 is 27.4 Å². The summed E-state index contributed by atoms with van der Waals surface area (Å²) in [6.45, 7) is 1.34. The summed E-state index contributed by atoms with van der Waals surface area (Å²) < 4.78 is 49.7. The average Bonchev–Trinajstić information content (AvgIpc) is 2.90. The van der Waals surface area contributed by atoms with E-state index in [0.29, 0.717) is 36.7 Å². The van der Waals surface area contributed by atoms with Gasteiger partial charge in [-0.1, -0.05) is 18.2 Å². The van der Waals surface area contributed by atoms with Gasteiger partial charge >= 0.3 is 6.18 Å². The Morgan fingerprint density at radius 1 is 1.04 bits per heavy atom. The molecule has 4 nitrogen and oxygen atoms in total. The Balaban J connectivity index is 1.57. The Bertz CT molecular complexity index is 836. The third-order valence-corrected chi connectivity index (χ3v) is 4.54. The molecule has 0 radical (unpaired) electrons. The Hall–Kier alpha value is -2.70. The predicted octanol–water partition coefficient (Wildman–Crippen LogP) is 4.46. The quantitative estimate of drug-likeness (QED) is 0.753. The third-order valence-electron chi connectivity index (χ3n) is 4.54. The van der Waals surface area contributed by atoms with Crippen LogP contribution in [0, 0.1) is 0 Å². The Morgan fingerprint density at radius 2 is 1.79 bits per heavy atom. The van der Waals surface area contributed by atoms with Gasteiger partial charge in [0.05, 0.1) is 18.8 Å². The molecule has 150 valence electrons. The first kappa shape index (κ1) is 20.0. The van der Waals surface area contributed by atoms with Gasteiger partial charge in [-0.2, -0.15) is 13.2 Å². The molecule has 0 aromatic heterocycles.